The Balaban J connectivity index is 1.97. The van der Waals surface area contributed by atoms with Gasteiger partial charge >= 0.3 is 0 Å². The standard InChI is InChI=1S/C13H17N5O4S2/c1-23(19,20)15-8-12-16-13(10-2-5-14-6-3-10)17-18(12)11-4-7-24(21,22)9-11/h2-3,5-6,11,15H,4,7-9H2,1H3. The molecule has 24 heavy (non-hydrogen) atoms. The van der Waals surface area contributed by atoms with E-state index in [2.05, 4.69) is 19.8 Å². The normalized spacial score (nSPS) is 20.3. The van der Waals surface area contributed by atoms with Crippen LogP contribution < -0.4 is 4.72 Å². The molecule has 1 aliphatic heterocycles. The topological polar surface area (TPSA) is 124 Å². The van der Waals surface area contributed by atoms with E-state index in [-0.39, 0.29) is 24.1 Å². The van der Waals surface area contributed by atoms with E-state index in [1.807, 2.05) is 0 Å². The van der Waals surface area contributed by atoms with E-state index in [4.69, 9.17) is 0 Å². The van der Waals surface area contributed by atoms with Gasteiger partial charge in [-0.05, 0) is 18.6 Å². The molecular weight excluding hydrogens is 354 g/mol. The van der Waals surface area contributed by atoms with Gasteiger partial charge in [0, 0.05) is 18.0 Å². The van der Waals surface area contributed by atoms with Crippen molar-refractivity contribution in [1.29, 1.82) is 0 Å². The van der Waals surface area contributed by atoms with E-state index in [1.165, 1.54) is 4.68 Å². The summed E-state index contributed by atoms with van der Waals surface area (Å²) in [5.41, 5.74) is 0.727. The Labute approximate surface area is 140 Å². The van der Waals surface area contributed by atoms with Crippen LogP contribution in [-0.2, 0) is 26.4 Å². The number of nitrogens with one attached hydrogen (secondary N) is 1. The van der Waals surface area contributed by atoms with Crippen molar-refractivity contribution in [3.63, 3.8) is 0 Å². The van der Waals surface area contributed by atoms with Gasteiger partial charge < -0.3 is 0 Å². The van der Waals surface area contributed by atoms with E-state index in [0.29, 0.717) is 18.1 Å². The fourth-order valence-electron chi connectivity index (χ4n) is 2.56. The Morgan fingerprint density at radius 3 is 2.62 bits per heavy atom. The average molecular weight is 371 g/mol. The molecule has 1 fully saturated rings. The summed E-state index contributed by atoms with van der Waals surface area (Å²) < 4.78 is 50.1. The quantitative estimate of drug-likeness (QED) is 0.768. The number of aromatic nitrogens is 4. The zero-order valence-corrected chi connectivity index (χ0v) is 14.6. The Morgan fingerprint density at radius 1 is 1.33 bits per heavy atom. The SMILES string of the molecule is CS(=O)(=O)NCc1nc(-c2ccncc2)nn1C1CCS(=O)(=O)C1. The highest BCUT2D eigenvalue weighted by Gasteiger charge is 2.32. The maximum atomic E-state index is 11.7. The van der Waals surface area contributed by atoms with Gasteiger partial charge in [-0.1, -0.05) is 0 Å². The van der Waals surface area contributed by atoms with Gasteiger partial charge in [0.25, 0.3) is 0 Å². The molecule has 3 rings (SSSR count). The van der Waals surface area contributed by atoms with E-state index >= 15 is 0 Å². The Morgan fingerprint density at radius 2 is 2.04 bits per heavy atom. The zero-order valence-electron chi connectivity index (χ0n) is 13.0. The number of hydrogen-bond donors (Lipinski definition) is 1. The van der Waals surface area contributed by atoms with E-state index in [0.717, 1.165) is 11.8 Å². The molecule has 1 aliphatic rings. The Kier molecular flexibility index (Phi) is 4.40. The summed E-state index contributed by atoms with van der Waals surface area (Å²) >= 11 is 0. The molecule has 2 aromatic rings. The molecule has 1 unspecified atom stereocenters. The van der Waals surface area contributed by atoms with Crippen LogP contribution in [0.2, 0.25) is 0 Å². The molecule has 1 saturated heterocycles. The first-order valence-corrected chi connectivity index (χ1v) is 11.0. The second kappa shape index (κ2) is 6.22. The molecule has 11 heteroatoms. The number of rotatable bonds is 5. The third kappa shape index (κ3) is 3.97. The highest BCUT2D eigenvalue weighted by Crippen LogP contribution is 2.26. The van der Waals surface area contributed by atoms with Crippen LogP contribution in [-0.4, -0.2) is 54.3 Å². The van der Waals surface area contributed by atoms with Crippen LogP contribution in [0.4, 0.5) is 0 Å². The smallest absolute Gasteiger partial charge is 0.209 e. The lowest BCUT2D eigenvalue weighted by Crippen LogP contribution is -2.25. The molecule has 130 valence electrons. The molecule has 1 atom stereocenters. The summed E-state index contributed by atoms with van der Waals surface area (Å²) in [4.78, 5) is 8.31. The van der Waals surface area contributed by atoms with Crippen LogP contribution >= 0.6 is 0 Å². The number of sulfonamides is 1. The number of nitrogens with zero attached hydrogens (tertiary/aromatic N) is 4. The summed E-state index contributed by atoms with van der Waals surface area (Å²) in [7, 11) is -6.50. The van der Waals surface area contributed by atoms with Crippen molar-refractivity contribution in [3.05, 3.63) is 30.4 Å². The van der Waals surface area contributed by atoms with Crippen LogP contribution in [0.15, 0.2) is 24.5 Å². The van der Waals surface area contributed by atoms with E-state index in [9.17, 15) is 16.8 Å². The fourth-order valence-corrected chi connectivity index (χ4v) is 4.64. The summed E-state index contributed by atoms with van der Waals surface area (Å²) in [5.74, 6) is 0.875. The third-order valence-electron chi connectivity index (χ3n) is 3.69. The van der Waals surface area contributed by atoms with Crippen molar-refractivity contribution in [2.24, 2.45) is 0 Å². The monoisotopic (exact) mass is 371 g/mol. The third-order valence-corrected chi connectivity index (χ3v) is 6.11. The lowest BCUT2D eigenvalue weighted by Gasteiger charge is -2.11. The first-order chi connectivity index (χ1) is 11.2. The molecule has 0 bridgehead atoms. The van der Waals surface area contributed by atoms with Crippen molar-refractivity contribution in [2.45, 2.75) is 19.0 Å². The minimum absolute atomic E-state index is 0.0159. The molecule has 0 amide bonds. The first kappa shape index (κ1) is 17.0. The van der Waals surface area contributed by atoms with Gasteiger partial charge in [-0.3, -0.25) is 4.98 Å². The number of sulfone groups is 1. The molecule has 0 aliphatic carbocycles. The van der Waals surface area contributed by atoms with E-state index in [1.54, 1.807) is 24.5 Å². The van der Waals surface area contributed by atoms with Crippen LogP contribution in [0.3, 0.4) is 0 Å². The lowest BCUT2D eigenvalue weighted by atomic mass is 10.2. The van der Waals surface area contributed by atoms with Gasteiger partial charge in [0.15, 0.2) is 15.7 Å². The van der Waals surface area contributed by atoms with Crippen molar-refractivity contribution < 1.29 is 16.8 Å². The Hall–Kier alpha value is -1.85. The van der Waals surface area contributed by atoms with Gasteiger partial charge in [-0.25, -0.2) is 31.2 Å². The molecule has 1 N–H and O–H groups in total. The molecule has 0 aromatic carbocycles. The second-order valence-electron chi connectivity index (χ2n) is 5.68. The van der Waals surface area contributed by atoms with Crippen molar-refractivity contribution >= 4 is 19.9 Å². The molecule has 9 nitrogen and oxygen atoms in total. The van der Waals surface area contributed by atoms with Crippen LogP contribution in [0.25, 0.3) is 11.4 Å². The van der Waals surface area contributed by atoms with Gasteiger partial charge in [0.05, 0.1) is 30.3 Å². The van der Waals surface area contributed by atoms with Gasteiger partial charge in [-0.15, -0.1) is 0 Å². The minimum Gasteiger partial charge on any atom is -0.265 e. The van der Waals surface area contributed by atoms with Crippen LogP contribution in [0.5, 0.6) is 0 Å². The zero-order chi connectivity index (χ0) is 17.4. The second-order valence-corrected chi connectivity index (χ2v) is 9.74. The van der Waals surface area contributed by atoms with Gasteiger partial charge in [0.2, 0.25) is 10.0 Å². The molecule has 0 radical (unpaired) electrons. The number of pyridine rings is 1. The summed E-state index contributed by atoms with van der Waals surface area (Å²) in [6.45, 7) is -0.0482. The van der Waals surface area contributed by atoms with Crippen molar-refractivity contribution in [2.75, 3.05) is 17.8 Å². The molecule has 0 spiro atoms. The van der Waals surface area contributed by atoms with E-state index < -0.39 is 19.9 Å². The predicted octanol–water partition coefficient (Wildman–Crippen LogP) is -0.251. The summed E-state index contributed by atoms with van der Waals surface area (Å²) in [6, 6.07) is 3.13. The fraction of sp³-hybridized carbons (Fsp3) is 0.462. The van der Waals surface area contributed by atoms with Crippen LogP contribution in [0, 0.1) is 0 Å². The van der Waals surface area contributed by atoms with Gasteiger partial charge in [-0.2, -0.15) is 5.10 Å². The van der Waals surface area contributed by atoms with Crippen LogP contribution in [0.1, 0.15) is 18.3 Å². The highest BCUT2D eigenvalue weighted by atomic mass is 32.2. The van der Waals surface area contributed by atoms with Crippen molar-refractivity contribution in [1.82, 2.24) is 24.5 Å². The lowest BCUT2D eigenvalue weighted by molar-refractivity contribution is 0.473. The Bertz CT molecular complexity index is 938. The highest BCUT2D eigenvalue weighted by molar-refractivity contribution is 7.91. The van der Waals surface area contributed by atoms with Gasteiger partial charge in [0.1, 0.15) is 5.82 Å². The first-order valence-electron chi connectivity index (χ1n) is 7.24. The average Bonchev–Trinajstić information content (AvgIpc) is 3.08. The molecule has 3 heterocycles. The summed E-state index contributed by atoms with van der Waals surface area (Å²) in [6.07, 6.45) is 4.69. The largest absolute Gasteiger partial charge is 0.265 e. The molecule has 0 saturated carbocycles. The number of hydrogen-bond acceptors (Lipinski definition) is 7. The maximum absolute atomic E-state index is 11.7. The summed E-state index contributed by atoms with van der Waals surface area (Å²) in [5, 5.41) is 4.41. The maximum Gasteiger partial charge on any atom is 0.209 e. The minimum atomic E-state index is -3.40. The molecule has 2 aromatic heterocycles. The predicted molar refractivity (Wildman–Crippen MR) is 87.2 cm³/mol. The van der Waals surface area contributed by atoms with Crippen molar-refractivity contribution in [3.8, 4) is 11.4 Å². The molecular formula is C13H17N5O4S2.